The highest BCUT2D eigenvalue weighted by Crippen LogP contribution is 2.07. The van der Waals surface area contributed by atoms with E-state index in [9.17, 15) is 0 Å². The smallest absolute Gasteiger partial charge is 0.0192 e. The van der Waals surface area contributed by atoms with E-state index in [-0.39, 0.29) is 0 Å². The fourth-order valence-corrected chi connectivity index (χ4v) is 1.59. The molecule has 0 saturated heterocycles. The van der Waals surface area contributed by atoms with Crippen molar-refractivity contribution in [1.29, 1.82) is 0 Å². The Morgan fingerprint density at radius 2 is 2.00 bits per heavy atom. The van der Waals surface area contributed by atoms with Gasteiger partial charge in [0, 0.05) is 25.2 Å². The molecule has 0 heterocycles. The number of rotatable bonds is 8. The summed E-state index contributed by atoms with van der Waals surface area (Å²) in [7, 11) is 2.21. The van der Waals surface area contributed by atoms with Crippen LogP contribution in [0.2, 0.25) is 0 Å². The number of nitrogens with zero attached hydrogens (tertiary/aromatic N) is 1. The molecule has 0 aliphatic heterocycles. The van der Waals surface area contributed by atoms with Crippen molar-refractivity contribution in [3.63, 3.8) is 0 Å². The van der Waals surface area contributed by atoms with Crippen LogP contribution in [0.25, 0.3) is 0 Å². The van der Waals surface area contributed by atoms with Gasteiger partial charge in [-0.15, -0.1) is 6.58 Å². The molecule has 2 unspecified atom stereocenters. The maximum absolute atomic E-state index is 3.69. The van der Waals surface area contributed by atoms with Crippen LogP contribution in [-0.4, -0.2) is 37.1 Å². The summed E-state index contributed by atoms with van der Waals surface area (Å²) in [6.07, 6.45) is 4.45. The lowest BCUT2D eigenvalue weighted by atomic mass is 10.1. The maximum atomic E-state index is 3.69. The number of likely N-dealkylation sites (N-methyl/N-ethyl adjacent to an activating group) is 1. The average Bonchev–Trinajstić information content (AvgIpc) is 2.17. The summed E-state index contributed by atoms with van der Waals surface area (Å²) in [5, 5.41) is 3.35. The van der Waals surface area contributed by atoms with Crippen LogP contribution in [0.5, 0.6) is 0 Å². The van der Waals surface area contributed by atoms with Crippen molar-refractivity contribution in [2.45, 2.75) is 45.7 Å². The van der Waals surface area contributed by atoms with Crippen LogP contribution < -0.4 is 5.32 Å². The molecule has 0 aromatic carbocycles. The van der Waals surface area contributed by atoms with Gasteiger partial charge in [0.05, 0.1) is 0 Å². The molecule has 14 heavy (non-hydrogen) atoms. The van der Waals surface area contributed by atoms with Gasteiger partial charge in [-0.1, -0.05) is 19.4 Å². The van der Waals surface area contributed by atoms with Gasteiger partial charge < -0.3 is 5.32 Å². The van der Waals surface area contributed by atoms with Gasteiger partial charge in [-0.2, -0.15) is 0 Å². The van der Waals surface area contributed by atoms with Crippen molar-refractivity contribution in [2.24, 2.45) is 0 Å². The van der Waals surface area contributed by atoms with Crippen molar-refractivity contribution in [2.75, 3.05) is 20.1 Å². The van der Waals surface area contributed by atoms with Crippen LogP contribution in [-0.2, 0) is 0 Å². The summed E-state index contributed by atoms with van der Waals surface area (Å²) < 4.78 is 0. The first kappa shape index (κ1) is 13.7. The van der Waals surface area contributed by atoms with Crippen LogP contribution in [0.3, 0.4) is 0 Å². The molecule has 0 aliphatic carbocycles. The first-order chi connectivity index (χ1) is 6.63. The normalized spacial score (nSPS) is 15.5. The van der Waals surface area contributed by atoms with Gasteiger partial charge in [0.1, 0.15) is 0 Å². The minimum atomic E-state index is 0.594. The van der Waals surface area contributed by atoms with Crippen molar-refractivity contribution >= 4 is 0 Å². The molecule has 0 radical (unpaired) electrons. The van der Waals surface area contributed by atoms with Crippen molar-refractivity contribution in [3.8, 4) is 0 Å². The fourth-order valence-electron chi connectivity index (χ4n) is 1.59. The largest absolute Gasteiger partial charge is 0.312 e. The molecule has 0 spiro atoms. The summed E-state index contributed by atoms with van der Waals surface area (Å²) in [6.45, 7) is 12.4. The molecular formula is C12H26N2. The Hall–Kier alpha value is -0.340. The topological polar surface area (TPSA) is 15.3 Å². The van der Waals surface area contributed by atoms with E-state index in [4.69, 9.17) is 0 Å². The molecule has 1 N–H and O–H groups in total. The molecule has 0 saturated carbocycles. The highest BCUT2D eigenvalue weighted by molar-refractivity contribution is 4.75. The van der Waals surface area contributed by atoms with Crippen LogP contribution in [0.1, 0.15) is 33.6 Å². The quantitative estimate of drug-likeness (QED) is 0.475. The predicted octanol–water partition coefficient (Wildman–Crippen LogP) is 2.27. The Balaban J connectivity index is 3.73. The van der Waals surface area contributed by atoms with Crippen molar-refractivity contribution in [3.05, 3.63) is 12.7 Å². The van der Waals surface area contributed by atoms with Crippen LogP contribution in [0.4, 0.5) is 0 Å². The standard InChI is InChI=1S/C12H26N2/c1-6-8-11(3)14(5)12(4)10-13-9-7-2/h7,11-13H,2,6,8-10H2,1,3-5H3. The lowest BCUT2D eigenvalue weighted by molar-refractivity contribution is 0.184. The monoisotopic (exact) mass is 198 g/mol. The summed E-state index contributed by atoms with van der Waals surface area (Å²) in [5.41, 5.74) is 0. The molecule has 0 bridgehead atoms. The van der Waals surface area contributed by atoms with Crippen LogP contribution in [0, 0.1) is 0 Å². The van der Waals surface area contributed by atoms with Gasteiger partial charge in [0.2, 0.25) is 0 Å². The van der Waals surface area contributed by atoms with Gasteiger partial charge in [-0.3, -0.25) is 4.90 Å². The first-order valence-electron chi connectivity index (χ1n) is 5.67. The minimum Gasteiger partial charge on any atom is -0.312 e. The summed E-state index contributed by atoms with van der Waals surface area (Å²) in [6, 6.07) is 1.28. The highest BCUT2D eigenvalue weighted by atomic mass is 15.2. The molecule has 2 nitrogen and oxygen atoms in total. The lowest BCUT2D eigenvalue weighted by Gasteiger charge is -2.30. The van der Waals surface area contributed by atoms with Gasteiger partial charge in [-0.05, 0) is 27.3 Å². The van der Waals surface area contributed by atoms with E-state index < -0.39 is 0 Å². The van der Waals surface area contributed by atoms with E-state index in [1.165, 1.54) is 12.8 Å². The summed E-state index contributed by atoms with van der Waals surface area (Å²) >= 11 is 0. The van der Waals surface area contributed by atoms with Crippen LogP contribution in [0.15, 0.2) is 12.7 Å². The zero-order valence-electron chi connectivity index (χ0n) is 10.2. The summed E-state index contributed by atoms with van der Waals surface area (Å²) in [5.74, 6) is 0. The highest BCUT2D eigenvalue weighted by Gasteiger charge is 2.13. The second-order valence-corrected chi connectivity index (χ2v) is 4.10. The maximum Gasteiger partial charge on any atom is 0.0192 e. The zero-order chi connectivity index (χ0) is 11.0. The van der Waals surface area contributed by atoms with E-state index in [0.29, 0.717) is 12.1 Å². The van der Waals surface area contributed by atoms with E-state index in [1.54, 1.807) is 0 Å². The van der Waals surface area contributed by atoms with Gasteiger partial charge >= 0.3 is 0 Å². The lowest BCUT2D eigenvalue weighted by Crippen LogP contribution is -2.42. The fraction of sp³-hybridized carbons (Fsp3) is 0.833. The van der Waals surface area contributed by atoms with Crippen molar-refractivity contribution < 1.29 is 0 Å². The predicted molar refractivity (Wildman–Crippen MR) is 64.7 cm³/mol. The molecule has 2 atom stereocenters. The third kappa shape index (κ3) is 5.40. The molecule has 0 fully saturated rings. The molecule has 0 aromatic rings. The third-order valence-corrected chi connectivity index (χ3v) is 2.83. The second kappa shape index (κ2) is 8.01. The van der Waals surface area contributed by atoms with Gasteiger partial charge in [0.15, 0.2) is 0 Å². The van der Waals surface area contributed by atoms with E-state index in [2.05, 4.69) is 44.6 Å². The Morgan fingerprint density at radius 3 is 2.50 bits per heavy atom. The van der Waals surface area contributed by atoms with Crippen LogP contribution >= 0.6 is 0 Å². The first-order valence-corrected chi connectivity index (χ1v) is 5.67. The number of hydrogen-bond donors (Lipinski definition) is 1. The Kier molecular flexibility index (Phi) is 7.81. The molecular weight excluding hydrogens is 172 g/mol. The summed E-state index contributed by atoms with van der Waals surface area (Å²) in [4.78, 5) is 2.44. The molecule has 84 valence electrons. The second-order valence-electron chi connectivity index (χ2n) is 4.10. The Labute approximate surface area is 89.4 Å². The van der Waals surface area contributed by atoms with E-state index >= 15 is 0 Å². The zero-order valence-corrected chi connectivity index (χ0v) is 10.2. The SMILES string of the molecule is C=CCNCC(C)N(C)C(C)CCC. The minimum absolute atomic E-state index is 0.594. The molecule has 0 rings (SSSR count). The number of hydrogen-bond acceptors (Lipinski definition) is 2. The van der Waals surface area contributed by atoms with Crippen molar-refractivity contribution in [1.82, 2.24) is 10.2 Å². The third-order valence-electron chi connectivity index (χ3n) is 2.83. The molecule has 0 amide bonds. The average molecular weight is 198 g/mol. The molecule has 0 aliphatic rings. The Bertz CT molecular complexity index is 145. The van der Waals surface area contributed by atoms with Gasteiger partial charge in [-0.25, -0.2) is 0 Å². The molecule has 2 heteroatoms. The Morgan fingerprint density at radius 1 is 1.36 bits per heavy atom. The van der Waals surface area contributed by atoms with E-state index in [0.717, 1.165) is 13.1 Å². The number of nitrogens with one attached hydrogen (secondary N) is 1. The van der Waals surface area contributed by atoms with Gasteiger partial charge in [0.25, 0.3) is 0 Å². The van der Waals surface area contributed by atoms with E-state index in [1.807, 2.05) is 6.08 Å². The molecule has 0 aromatic heterocycles.